The predicted molar refractivity (Wildman–Crippen MR) is 96.0 cm³/mol. The van der Waals surface area contributed by atoms with Crippen LogP contribution in [0.15, 0.2) is 66.7 Å². The minimum Gasteiger partial charge on any atom is -0.410 e. The number of ether oxygens (including phenoxy) is 1. The standard InChI is InChI=1S/C20H22N2O2/c23-20(24-19-11-5-2-6-12-19)22-16-14-21(15-17-22)13-7-10-18-8-3-1-4-9-18/h1-12H,13-17H2/b10-7+. The van der Waals surface area contributed by atoms with Gasteiger partial charge in [-0.3, -0.25) is 4.90 Å². The molecular formula is C20H22N2O2. The molecule has 3 rings (SSSR count). The van der Waals surface area contributed by atoms with Gasteiger partial charge in [0.25, 0.3) is 0 Å². The fourth-order valence-corrected chi connectivity index (χ4v) is 2.67. The van der Waals surface area contributed by atoms with Crippen LogP contribution in [0.2, 0.25) is 0 Å². The Kier molecular flexibility index (Phi) is 5.64. The molecule has 0 atom stereocenters. The van der Waals surface area contributed by atoms with Gasteiger partial charge in [-0.25, -0.2) is 4.79 Å². The second-order valence-corrected chi connectivity index (χ2v) is 5.78. The van der Waals surface area contributed by atoms with Gasteiger partial charge in [0.05, 0.1) is 0 Å². The molecule has 1 aliphatic heterocycles. The van der Waals surface area contributed by atoms with E-state index in [0.29, 0.717) is 18.8 Å². The van der Waals surface area contributed by atoms with E-state index in [4.69, 9.17) is 4.74 Å². The van der Waals surface area contributed by atoms with Gasteiger partial charge in [-0.2, -0.15) is 0 Å². The number of benzene rings is 2. The van der Waals surface area contributed by atoms with E-state index in [1.165, 1.54) is 5.56 Å². The summed E-state index contributed by atoms with van der Waals surface area (Å²) in [6, 6.07) is 19.5. The van der Waals surface area contributed by atoms with Crippen molar-refractivity contribution in [3.8, 4) is 5.75 Å². The average molecular weight is 322 g/mol. The third-order valence-electron chi connectivity index (χ3n) is 4.05. The number of carbonyl (C=O) groups excluding carboxylic acids is 1. The van der Waals surface area contributed by atoms with Gasteiger partial charge >= 0.3 is 6.09 Å². The Hall–Kier alpha value is -2.59. The molecule has 1 aliphatic rings. The highest BCUT2D eigenvalue weighted by Crippen LogP contribution is 2.12. The fourth-order valence-electron chi connectivity index (χ4n) is 2.67. The van der Waals surface area contributed by atoms with Crippen LogP contribution in [0.3, 0.4) is 0 Å². The van der Waals surface area contributed by atoms with E-state index >= 15 is 0 Å². The predicted octanol–water partition coefficient (Wildman–Crippen LogP) is 3.52. The molecule has 0 aromatic heterocycles. The van der Waals surface area contributed by atoms with E-state index in [0.717, 1.165) is 19.6 Å². The van der Waals surface area contributed by atoms with Crippen LogP contribution in [-0.4, -0.2) is 48.6 Å². The number of nitrogens with zero attached hydrogens (tertiary/aromatic N) is 2. The number of amides is 1. The second kappa shape index (κ2) is 8.31. The molecule has 1 amide bonds. The van der Waals surface area contributed by atoms with Crippen LogP contribution in [0.4, 0.5) is 4.79 Å². The third kappa shape index (κ3) is 4.70. The normalized spacial score (nSPS) is 15.6. The Morgan fingerprint density at radius 2 is 1.54 bits per heavy atom. The molecule has 0 saturated carbocycles. The summed E-state index contributed by atoms with van der Waals surface area (Å²) in [5, 5.41) is 0. The molecular weight excluding hydrogens is 300 g/mol. The Morgan fingerprint density at radius 3 is 2.21 bits per heavy atom. The molecule has 0 unspecified atom stereocenters. The van der Waals surface area contributed by atoms with Crippen molar-refractivity contribution in [2.45, 2.75) is 0 Å². The highest BCUT2D eigenvalue weighted by molar-refractivity contribution is 5.70. The summed E-state index contributed by atoms with van der Waals surface area (Å²) in [5.74, 6) is 0.593. The minimum atomic E-state index is -0.263. The van der Waals surface area contributed by atoms with Crippen LogP contribution in [-0.2, 0) is 0 Å². The van der Waals surface area contributed by atoms with Crippen LogP contribution in [0.25, 0.3) is 6.08 Å². The first-order valence-electron chi connectivity index (χ1n) is 8.27. The van der Waals surface area contributed by atoms with Crippen molar-refractivity contribution >= 4 is 12.2 Å². The Labute approximate surface area is 143 Å². The number of hydrogen-bond acceptors (Lipinski definition) is 3. The summed E-state index contributed by atoms with van der Waals surface area (Å²) in [4.78, 5) is 16.3. The summed E-state index contributed by atoms with van der Waals surface area (Å²) in [6.45, 7) is 4.03. The van der Waals surface area contributed by atoms with Gasteiger partial charge < -0.3 is 9.64 Å². The molecule has 0 bridgehead atoms. The average Bonchev–Trinajstić information content (AvgIpc) is 2.64. The topological polar surface area (TPSA) is 32.8 Å². The molecule has 1 fully saturated rings. The zero-order valence-electron chi connectivity index (χ0n) is 13.7. The van der Waals surface area contributed by atoms with Gasteiger partial charge in [0, 0.05) is 32.7 Å². The van der Waals surface area contributed by atoms with Crippen LogP contribution in [0, 0.1) is 0 Å². The van der Waals surface area contributed by atoms with Gasteiger partial charge in [0.2, 0.25) is 0 Å². The van der Waals surface area contributed by atoms with E-state index in [1.807, 2.05) is 36.4 Å². The number of hydrogen-bond donors (Lipinski definition) is 0. The molecule has 2 aromatic carbocycles. The van der Waals surface area contributed by atoms with E-state index in [-0.39, 0.29) is 6.09 Å². The van der Waals surface area contributed by atoms with Crippen molar-refractivity contribution in [1.82, 2.24) is 9.80 Å². The fraction of sp³-hybridized carbons (Fsp3) is 0.250. The molecule has 0 N–H and O–H groups in total. The van der Waals surface area contributed by atoms with Crippen LogP contribution >= 0.6 is 0 Å². The lowest BCUT2D eigenvalue weighted by Gasteiger charge is -2.33. The molecule has 2 aromatic rings. The number of piperazine rings is 1. The van der Waals surface area contributed by atoms with Crippen molar-refractivity contribution in [2.24, 2.45) is 0 Å². The molecule has 0 aliphatic carbocycles. The van der Waals surface area contributed by atoms with Crippen molar-refractivity contribution in [1.29, 1.82) is 0 Å². The van der Waals surface area contributed by atoms with Gasteiger partial charge in [0.15, 0.2) is 0 Å². The maximum atomic E-state index is 12.1. The molecule has 0 spiro atoms. The summed E-state index contributed by atoms with van der Waals surface area (Å²) in [6.07, 6.45) is 4.05. The zero-order chi connectivity index (χ0) is 16.6. The van der Waals surface area contributed by atoms with Crippen LogP contribution in [0.5, 0.6) is 5.75 Å². The van der Waals surface area contributed by atoms with Crippen molar-refractivity contribution in [3.05, 3.63) is 72.3 Å². The quantitative estimate of drug-likeness (QED) is 0.863. The first-order valence-corrected chi connectivity index (χ1v) is 8.27. The van der Waals surface area contributed by atoms with Gasteiger partial charge in [-0.1, -0.05) is 60.7 Å². The van der Waals surface area contributed by atoms with Crippen molar-refractivity contribution < 1.29 is 9.53 Å². The SMILES string of the molecule is O=C(Oc1ccccc1)N1CCN(C/C=C/c2ccccc2)CC1. The molecule has 4 nitrogen and oxygen atoms in total. The first kappa shape index (κ1) is 16.3. The zero-order valence-corrected chi connectivity index (χ0v) is 13.7. The molecule has 1 heterocycles. The summed E-state index contributed by atoms with van der Waals surface area (Å²) in [7, 11) is 0. The monoisotopic (exact) mass is 322 g/mol. The lowest BCUT2D eigenvalue weighted by Crippen LogP contribution is -2.49. The lowest BCUT2D eigenvalue weighted by atomic mass is 10.2. The number of rotatable bonds is 4. The van der Waals surface area contributed by atoms with E-state index in [2.05, 4.69) is 29.2 Å². The summed E-state index contributed by atoms with van der Waals surface area (Å²) in [5.41, 5.74) is 1.21. The van der Waals surface area contributed by atoms with Gasteiger partial charge in [-0.05, 0) is 17.7 Å². The molecule has 124 valence electrons. The third-order valence-corrected chi connectivity index (χ3v) is 4.05. The number of para-hydroxylation sites is 1. The van der Waals surface area contributed by atoms with Crippen molar-refractivity contribution in [3.63, 3.8) is 0 Å². The van der Waals surface area contributed by atoms with Gasteiger partial charge in [-0.15, -0.1) is 0 Å². The molecule has 1 saturated heterocycles. The highest BCUT2D eigenvalue weighted by atomic mass is 16.6. The summed E-state index contributed by atoms with van der Waals surface area (Å²) < 4.78 is 5.38. The Balaban J connectivity index is 1.42. The van der Waals surface area contributed by atoms with E-state index in [9.17, 15) is 4.79 Å². The maximum absolute atomic E-state index is 12.1. The summed E-state index contributed by atoms with van der Waals surface area (Å²) >= 11 is 0. The van der Waals surface area contributed by atoms with E-state index in [1.54, 1.807) is 17.0 Å². The Morgan fingerprint density at radius 1 is 0.917 bits per heavy atom. The van der Waals surface area contributed by atoms with Gasteiger partial charge in [0.1, 0.15) is 5.75 Å². The smallest absolute Gasteiger partial charge is 0.410 e. The van der Waals surface area contributed by atoms with Crippen LogP contribution in [0.1, 0.15) is 5.56 Å². The van der Waals surface area contributed by atoms with E-state index < -0.39 is 0 Å². The largest absolute Gasteiger partial charge is 0.415 e. The Bertz CT molecular complexity index is 663. The maximum Gasteiger partial charge on any atom is 0.415 e. The van der Waals surface area contributed by atoms with Crippen LogP contribution < -0.4 is 4.74 Å². The van der Waals surface area contributed by atoms with Crippen molar-refractivity contribution in [2.75, 3.05) is 32.7 Å². The second-order valence-electron chi connectivity index (χ2n) is 5.78. The molecule has 0 radical (unpaired) electrons. The lowest BCUT2D eigenvalue weighted by molar-refractivity contribution is 0.115. The minimum absolute atomic E-state index is 0.263. The molecule has 4 heteroatoms. The molecule has 24 heavy (non-hydrogen) atoms. The highest BCUT2D eigenvalue weighted by Gasteiger charge is 2.21. The first-order chi connectivity index (χ1) is 11.8. The number of carbonyl (C=O) groups is 1.